The van der Waals surface area contributed by atoms with Crippen LogP contribution in [0.5, 0.6) is 5.75 Å². The molecule has 7 nitrogen and oxygen atoms in total. The first-order chi connectivity index (χ1) is 10.3. The van der Waals surface area contributed by atoms with E-state index in [1.165, 1.54) is 6.20 Å². The van der Waals surface area contributed by atoms with Gasteiger partial charge in [-0.25, -0.2) is 0 Å². The summed E-state index contributed by atoms with van der Waals surface area (Å²) in [6, 6.07) is 9.05. The van der Waals surface area contributed by atoms with Crippen LogP contribution >= 0.6 is 0 Å². The van der Waals surface area contributed by atoms with E-state index in [0.29, 0.717) is 18.0 Å². The molecular weight excluding hydrogens is 268 g/mol. The van der Waals surface area contributed by atoms with E-state index in [9.17, 15) is 0 Å². The van der Waals surface area contributed by atoms with Crippen molar-refractivity contribution < 1.29 is 4.74 Å². The number of anilines is 1. The maximum atomic E-state index is 8.75. The summed E-state index contributed by atoms with van der Waals surface area (Å²) < 4.78 is 7.25. The number of rotatable bonds is 5. The Kier molecular flexibility index (Phi) is 4.52. The van der Waals surface area contributed by atoms with Crippen molar-refractivity contribution in [3.63, 3.8) is 0 Å². The Hall–Kier alpha value is -3.32. The lowest BCUT2D eigenvalue weighted by molar-refractivity contribution is 0.342. The third kappa shape index (κ3) is 3.37. The van der Waals surface area contributed by atoms with Gasteiger partial charge in [0.05, 0.1) is 18.0 Å². The van der Waals surface area contributed by atoms with E-state index in [1.54, 1.807) is 35.4 Å². The van der Waals surface area contributed by atoms with Crippen LogP contribution in [0, 0.1) is 22.7 Å². The minimum atomic E-state index is -0.0212. The van der Waals surface area contributed by atoms with Crippen LogP contribution in [0.3, 0.4) is 0 Å². The molecule has 104 valence electrons. The zero-order valence-corrected chi connectivity index (χ0v) is 11.3. The molecule has 0 unspecified atom stereocenters. The van der Waals surface area contributed by atoms with Crippen LogP contribution in [0.15, 0.2) is 42.6 Å². The maximum absolute atomic E-state index is 8.75. The van der Waals surface area contributed by atoms with Gasteiger partial charge < -0.3 is 10.1 Å². The van der Waals surface area contributed by atoms with Crippen molar-refractivity contribution in [3.8, 4) is 23.6 Å². The molecule has 1 aromatic carbocycles. The molecule has 1 aromatic heterocycles. The Bertz CT molecular complexity index is 705. The molecule has 0 saturated carbocycles. The van der Waals surface area contributed by atoms with Gasteiger partial charge in [0, 0.05) is 6.20 Å². The normalized spacial score (nSPS) is 9.29. The van der Waals surface area contributed by atoms with E-state index in [1.807, 2.05) is 19.1 Å². The largest absolute Gasteiger partial charge is 0.492 e. The zero-order chi connectivity index (χ0) is 15.1. The van der Waals surface area contributed by atoms with Crippen LogP contribution in [-0.4, -0.2) is 21.4 Å². The first kappa shape index (κ1) is 14.1. The summed E-state index contributed by atoms with van der Waals surface area (Å²) in [5, 5.41) is 27.9. The second-order valence-corrected chi connectivity index (χ2v) is 3.91. The van der Waals surface area contributed by atoms with Crippen molar-refractivity contribution >= 4 is 5.69 Å². The van der Waals surface area contributed by atoms with Crippen molar-refractivity contribution in [1.82, 2.24) is 14.8 Å². The number of allylic oxidation sites excluding steroid dienone is 1. The Morgan fingerprint density at radius 3 is 2.67 bits per heavy atom. The zero-order valence-electron chi connectivity index (χ0n) is 11.3. The van der Waals surface area contributed by atoms with Crippen molar-refractivity contribution in [2.75, 3.05) is 11.9 Å². The molecule has 0 radical (unpaired) electrons. The van der Waals surface area contributed by atoms with Crippen molar-refractivity contribution in [2.24, 2.45) is 0 Å². The molecule has 0 saturated heterocycles. The molecule has 1 heterocycles. The van der Waals surface area contributed by atoms with Crippen LogP contribution in [0.1, 0.15) is 6.92 Å². The topological polar surface area (TPSA) is 99.5 Å². The molecule has 1 N–H and O–H groups in total. The van der Waals surface area contributed by atoms with Gasteiger partial charge in [0.15, 0.2) is 0 Å². The molecule has 0 aliphatic rings. The van der Waals surface area contributed by atoms with Crippen LogP contribution < -0.4 is 10.1 Å². The van der Waals surface area contributed by atoms with Gasteiger partial charge in [0.1, 0.15) is 36.1 Å². The Balaban J connectivity index is 2.36. The van der Waals surface area contributed by atoms with Crippen LogP contribution in [0.4, 0.5) is 5.69 Å². The number of nitrogens with zero attached hydrogens (tertiary/aromatic N) is 5. The number of nitriles is 2. The summed E-state index contributed by atoms with van der Waals surface area (Å²) in [6.07, 6.45) is 4.49. The van der Waals surface area contributed by atoms with Crippen molar-refractivity contribution in [1.29, 1.82) is 10.5 Å². The molecule has 0 aliphatic carbocycles. The van der Waals surface area contributed by atoms with Gasteiger partial charge in [-0.1, -0.05) is 0 Å². The standard InChI is InChI=1S/C14H12N6O/c1-2-21-14-4-3-12(20-9-18-19-10-20)5-13(14)17-8-11(6-15)7-16/h3-5,8-10,17H,2H2,1H3. The Morgan fingerprint density at radius 1 is 1.33 bits per heavy atom. The second-order valence-electron chi connectivity index (χ2n) is 3.91. The van der Waals surface area contributed by atoms with Gasteiger partial charge in [-0.15, -0.1) is 10.2 Å². The highest BCUT2D eigenvalue weighted by molar-refractivity contribution is 5.63. The molecular formula is C14H12N6O. The monoisotopic (exact) mass is 280 g/mol. The second kappa shape index (κ2) is 6.73. The lowest BCUT2D eigenvalue weighted by Crippen LogP contribution is -2.00. The van der Waals surface area contributed by atoms with Crippen LogP contribution in [0.25, 0.3) is 5.69 Å². The summed E-state index contributed by atoms with van der Waals surface area (Å²) in [4.78, 5) is 0. The summed E-state index contributed by atoms with van der Waals surface area (Å²) in [6.45, 7) is 2.39. The molecule has 0 bridgehead atoms. The van der Waals surface area contributed by atoms with E-state index < -0.39 is 0 Å². The van der Waals surface area contributed by atoms with Crippen molar-refractivity contribution in [3.05, 3.63) is 42.6 Å². The fraction of sp³-hybridized carbons (Fsp3) is 0.143. The number of ether oxygens (including phenoxy) is 1. The highest BCUT2D eigenvalue weighted by atomic mass is 16.5. The van der Waals surface area contributed by atoms with E-state index in [4.69, 9.17) is 15.3 Å². The molecule has 0 aliphatic heterocycles. The highest BCUT2D eigenvalue weighted by Gasteiger charge is 2.06. The number of nitrogens with one attached hydrogen (secondary N) is 1. The van der Waals surface area contributed by atoms with Gasteiger partial charge >= 0.3 is 0 Å². The third-order valence-corrected chi connectivity index (χ3v) is 2.59. The predicted octanol–water partition coefficient (Wildman–Crippen LogP) is 2.01. The lowest BCUT2D eigenvalue weighted by Gasteiger charge is -2.12. The molecule has 0 atom stereocenters. The minimum absolute atomic E-state index is 0.0212. The van der Waals surface area contributed by atoms with E-state index in [-0.39, 0.29) is 5.57 Å². The Morgan fingerprint density at radius 2 is 2.05 bits per heavy atom. The van der Waals surface area contributed by atoms with Gasteiger partial charge in [0.2, 0.25) is 0 Å². The lowest BCUT2D eigenvalue weighted by atomic mass is 10.2. The molecule has 2 aromatic rings. The molecule has 7 heteroatoms. The van der Waals surface area contributed by atoms with Gasteiger partial charge in [-0.05, 0) is 25.1 Å². The van der Waals surface area contributed by atoms with Crippen LogP contribution in [-0.2, 0) is 0 Å². The highest BCUT2D eigenvalue weighted by Crippen LogP contribution is 2.27. The summed E-state index contributed by atoms with van der Waals surface area (Å²) in [7, 11) is 0. The molecule has 21 heavy (non-hydrogen) atoms. The first-order valence-electron chi connectivity index (χ1n) is 6.17. The average molecular weight is 280 g/mol. The fourth-order valence-corrected chi connectivity index (χ4v) is 1.65. The van der Waals surface area contributed by atoms with Gasteiger partial charge in [-0.2, -0.15) is 10.5 Å². The fourth-order valence-electron chi connectivity index (χ4n) is 1.65. The maximum Gasteiger partial charge on any atom is 0.145 e. The average Bonchev–Trinajstić information content (AvgIpc) is 3.04. The first-order valence-corrected chi connectivity index (χ1v) is 6.17. The molecule has 0 amide bonds. The summed E-state index contributed by atoms with van der Waals surface area (Å²) in [5.74, 6) is 0.626. The van der Waals surface area contributed by atoms with E-state index in [2.05, 4.69) is 15.5 Å². The SMILES string of the molecule is CCOc1ccc(-n2cnnc2)cc1NC=C(C#N)C#N. The van der Waals surface area contributed by atoms with Gasteiger partial charge in [0.25, 0.3) is 0 Å². The number of hydrogen-bond donors (Lipinski definition) is 1. The minimum Gasteiger partial charge on any atom is -0.492 e. The smallest absolute Gasteiger partial charge is 0.145 e. The number of benzene rings is 1. The predicted molar refractivity (Wildman–Crippen MR) is 75.5 cm³/mol. The molecule has 0 fully saturated rings. The van der Waals surface area contributed by atoms with Crippen LogP contribution in [0.2, 0.25) is 0 Å². The summed E-state index contributed by atoms with van der Waals surface area (Å²) in [5.41, 5.74) is 1.45. The van der Waals surface area contributed by atoms with E-state index >= 15 is 0 Å². The quantitative estimate of drug-likeness (QED) is 0.841. The van der Waals surface area contributed by atoms with Gasteiger partial charge in [-0.3, -0.25) is 4.57 Å². The molecule has 2 rings (SSSR count). The summed E-state index contributed by atoms with van der Waals surface area (Å²) >= 11 is 0. The van der Waals surface area contributed by atoms with E-state index in [0.717, 1.165) is 5.69 Å². The molecule has 0 spiro atoms. The number of hydrogen-bond acceptors (Lipinski definition) is 6. The number of aromatic nitrogens is 3. The van der Waals surface area contributed by atoms with Crippen molar-refractivity contribution in [2.45, 2.75) is 6.92 Å². The Labute approximate surface area is 121 Å². The third-order valence-electron chi connectivity index (χ3n) is 2.59.